The minimum Gasteiger partial charge on any atom is -0.339 e. The largest absolute Gasteiger partial charge is 0.339 e. The number of benzene rings is 1. The zero-order valence-electron chi connectivity index (χ0n) is 10.1. The second-order valence-corrected chi connectivity index (χ2v) is 7.49. The number of carbonyl (C=O) groups excluding carboxylic acids is 1. The molecule has 0 aromatic heterocycles. The fraction of sp³-hybridized carbons (Fsp3) is 0.500. The van der Waals surface area contributed by atoms with E-state index in [4.69, 9.17) is 0 Å². The van der Waals surface area contributed by atoms with Gasteiger partial charge in [-0.25, -0.2) is 0 Å². The summed E-state index contributed by atoms with van der Waals surface area (Å²) < 4.78 is 2.01. The molecule has 1 saturated heterocycles. The lowest BCUT2D eigenvalue weighted by molar-refractivity contribution is 0.0677. The molecular formula is C14H15BrINO. The number of nitrogens with zero attached hydrogens (tertiary/aromatic N) is 1. The second-order valence-electron chi connectivity index (χ2n) is 5.42. The molecule has 1 spiro atoms. The molecule has 1 saturated carbocycles. The van der Waals surface area contributed by atoms with Crippen molar-refractivity contribution in [1.29, 1.82) is 0 Å². The zero-order valence-corrected chi connectivity index (χ0v) is 13.8. The van der Waals surface area contributed by atoms with Gasteiger partial charge in [0.25, 0.3) is 5.91 Å². The average Bonchev–Trinajstić information content (AvgIpc) is 3.12. The molecule has 18 heavy (non-hydrogen) atoms. The van der Waals surface area contributed by atoms with E-state index < -0.39 is 0 Å². The van der Waals surface area contributed by atoms with Gasteiger partial charge in [-0.3, -0.25) is 4.79 Å². The summed E-state index contributed by atoms with van der Waals surface area (Å²) in [4.78, 5) is 14.5. The van der Waals surface area contributed by atoms with Crippen LogP contribution in [0.5, 0.6) is 0 Å². The van der Waals surface area contributed by atoms with Crippen LogP contribution < -0.4 is 0 Å². The summed E-state index contributed by atoms with van der Waals surface area (Å²) in [5.41, 5.74) is 1.46. The lowest BCUT2D eigenvalue weighted by Gasteiger charge is -2.32. The number of amides is 1. The highest BCUT2D eigenvalue weighted by molar-refractivity contribution is 14.1. The van der Waals surface area contributed by atoms with Crippen molar-refractivity contribution in [2.24, 2.45) is 5.41 Å². The number of rotatable bonds is 1. The quantitative estimate of drug-likeness (QED) is 0.628. The molecule has 0 atom stereocenters. The van der Waals surface area contributed by atoms with E-state index in [1.165, 1.54) is 25.7 Å². The lowest BCUT2D eigenvalue weighted by Crippen LogP contribution is -2.39. The summed E-state index contributed by atoms with van der Waals surface area (Å²) in [6, 6.07) is 5.91. The van der Waals surface area contributed by atoms with E-state index in [9.17, 15) is 4.79 Å². The molecule has 1 amide bonds. The number of piperidine rings is 1. The molecule has 2 fully saturated rings. The monoisotopic (exact) mass is 419 g/mol. The Hall–Kier alpha value is -0.100. The van der Waals surface area contributed by atoms with Crippen LogP contribution in [0.2, 0.25) is 0 Å². The average molecular weight is 420 g/mol. The van der Waals surface area contributed by atoms with Crippen molar-refractivity contribution in [2.75, 3.05) is 13.1 Å². The van der Waals surface area contributed by atoms with Crippen LogP contribution in [0.15, 0.2) is 22.7 Å². The van der Waals surface area contributed by atoms with Crippen molar-refractivity contribution in [2.45, 2.75) is 25.7 Å². The molecule has 1 aromatic carbocycles. The SMILES string of the molecule is O=C(c1cc(Br)ccc1I)N1CCC2(CC1)CC2. The molecule has 1 heterocycles. The van der Waals surface area contributed by atoms with Crippen molar-refractivity contribution in [3.05, 3.63) is 31.8 Å². The van der Waals surface area contributed by atoms with Gasteiger partial charge in [0.2, 0.25) is 0 Å². The lowest BCUT2D eigenvalue weighted by atomic mass is 9.93. The molecule has 1 aliphatic carbocycles. The summed E-state index contributed by atoms with van der Waals surface area (Å²) in [6.45, 7) is 1.86. The van der Waals surface area contributed by atoms with E-state index in [2.05, 4.69) is 38.5 Å². The molecular weight excluding hydrogens is 405 g/mol. The maximum Gasteiger partial charge on any atom is 0.254 e. The third-order valence-electron chi connectivity index (χ3n) is 4.23. The minimum atomic E-state index is 0.191. The first-order chi connectivity index (χ1) is 8.60. The summed E-state index contributed by atoms with van der Waals surface area (Å²) in [5, 5.41) is 0. The second kappa shape index (κ2) is 4.78. The first kappa shape index (κ1) is 12.9. The van der Waals surface area contributed by atoms with Crippen LogP contribution in [0.4, 0.5) is 0 Å². The molecule has 0 radical (unpaired) electrons. The number of halogens is 2. The van der Waals surface area contributed by atoms with Gasteiger partial charge in [0.1, 0.15) is 0 Å². The zero-order chi connectivity index (χ0) is 12.8. The summed E-state index contributed by atoms with van der Waals surface area (Å²) in [6.07, 6.45) is 5.15. The Morgan fingerprint density at radius 3 is 2.50 bits per heavy atom. The van der Waals surface area contributed by atoms with Crippen LogP contribution >= 0.6 is 38.5 Å². The molecule has 0 N–H and O–H groups in total. The Bertz CT molecular complexity index is 489. The maximum absolute atomic E-state index is 12.5. The van der Waals surface area contributed by atoms with Crippen LogP contribution in [0.3, 0.4) is 0 Å². The first-order valence-corrected chi connectivity index (χ1v) is 8.21. The summed E-state index contributed by atoms with van der Waals surface area (Å²) in [7, 11) is 0. The maximum atomic E-state index is 12.5. The van der Waals surface area contributed by atoms with Crippen LogP contribution in [0.25, 0.3) is 0 Å². The normalized spacial score (nSPS) is 21.1. The third kappa shape index (κ3) is 2.46. The van der Waals surface area contributed by atoms with E-state index in [0.717, 1.165) is 26.7 Å². The van der Waals surface area contributed by atoms with E-state index in [0.29, 0.717) is 5.41 Å². The van der Waals surface area contributed by atoms with E-state index in [1.54, 1.807) is 0 Å². The fourth-order valence-corrected chi connectivity index (χ4v) is 3.62. The number of hydrogen-bond acceptors (Lipinski definition) is 1. The van der Waals surface area contributed by atoms with Gasteiger partial charge in [-0.1, -0.05) is 15.9 Å². The Morgan fingerprint density at radius 1 is 1.22 bits per heavy atom. The molecule has 96 valence electrons. The summed E-state index contributed by atoms with van der Waals surface area (Å²) in [5.74, 6) is 0.191. The van der Waals surface area contributed by atoms with E-state index in [1.807, 2.05) is 23.1 Å². The van der Waals surface area contributed by atoms with Crippen molar-refractivity contribution in [1.82, 2.24) is 4.90 Å². The molecule has 0 unspecified atom stereocenters. The predicted octanol–water partition coefficient (Wildman–Crippen LogP) is 4.07. The van der Waals surface area contributed by atoms with Crippen LogP contribution in [-0.4, -0.2) is 23.9 Å². The van der Waals surface area contributed by atoms with Gasteiger partial charge in [0.15, 0.2) is 0 Å². The first-order valence-electron chi connectivity index (χ1n) is 6.34. The van der Waals surface area contributed by atoms with Crippen molar-refractivity contribution < 1.29 is 4.79 Å². The molecule has 4 heteroatoms. The van der Waals surface area contributed by atoms with Crippen molar-refractivity contribution in [3.63, 3.8) is 0 Å². The highest BCUT2D eigenvalue weighted by atomic mass is 127. The van der Waals surface area contributed by atoms with Crippen molar-refractivity contribution >= 4 is 44.4 Å². The van der Waals surface area contributed by atoms with Gasteiger partial charge in [0, 0.05) is 21.1 Å². The molecule has 2 aliphatic rings. The Balaban J connectivity index is 1.76. The highest BCUT2D eigenvalue weighted by Gasteiger charge is 2.45. The Morgan fingerprint density at radius 2 is 1.89 bits per heavy atom. The summed E-state index contributed by atoms with van der Waals surface area (Å²) >= 11 is 5.68. The van der Waals surface area contributed by atoms with Gasteiger partial charge in [0.05, 0.1) is 5.56 Å². The molecule has 3 rings (SSSR count). The smallest absolute Gasteiger partial charge is 0.254 e. The standard InChI is InChI=1S/C14H15BrINO/c15-10-1-2-12(16)11(9-10)13(18)17-7-5-14(3-4-14)6-8-17/h1-2,9H,3-8H2. The molecule has 1 aromatic rings. The predicted molar refractivity (Wildman–Crippen MR) is 83.7 cm³/mol. The van der Waals surface area contributed by atoms with E-state index >= 15 is 0 Å². The number of hydrogen-bond donors (Lipinski definition) is 0. The number of likely N-dealkylation sites (tertiary alicyclic amines) is 1. The minimum absolute atomic E-state index is 0.191. The topological polar surface area (TPSA) is 20.3 Å². The van der Waals surface area contributed by atoms with Gasteiger partial charge in [-0.2, -0.15) is 0 Å². The van der Waals surface area contributed by atoms with Crippen LogP contribution in [0.1, 0.15) is 36.0 Å². The Kier molecular flexibility index (Phi) is 3.43. The van der Waals surface area contributed by atoms with E-state index in [-0.39, 0.29) is 5.91 Å². The molecule has 2 nitrogen and oxygen atoms in total. The van der Waals surface area contributed by atoms with Crippen LogP contribution in [0, 0.1) is 8.99 Å². The van der Waals surface area contributed by atoms with Gasteiger partial charge >= 0.3 is 0 Å². The Labute approximate surface area is 129 Å². The van der Waals surface area contributed by atoms with Crippen LogP contribution in [-0.2, 0) is 0 Å². The molecule has 0 bridgehead atoms. The van der Waals surface area contributed by atoms with Gasteiger partial charge in [-0.15, -0.1) is 0 Å². The van der Waals surface area contributed by atoms with Gasteiger partial charge in [-0.05, 0) is 71.9 Å². The molecule has 1 aliphatic heterocycles. The van der Waals surface area contributed by atoms with Crippen molar-refractivity contribution in [3.8, 4) is 0 Å². The third-order valence-corrected chi connectivity index (χ3v) is 5.66. The highest BCUT2D eigenvalue weighted by Crippen LogP contribution is 2.53. The fourth-order valence-electron chi connectivity index (χ4n) is 2.69. The number of carbonyl (C=O) groups is 1. The van der Waals surface area contributed by atoms with Gasteiger partial charge < -0.3 is 4.90 Å².